The highest BCUT2D eigenvalue weighted by molar-refractivity contribution is 6.04. The van der Waals surface area contributed by atoms with E-state index in [0.717, 1.165) is 11.4 Å². The maximum Gasteiger partial charge on any atom is 0.0540 e. The van der Waals surface area contributed by atoms with Gasteiger partial charge in [0.25, 0.3) is 0 Å². The fraction of sp³-hybridized carbons (Fsp3) is 0.153. The summed E-state index contributed by atoms with van der Waals surface area (Å²) in [7, 11) is 0. The molecule has 1 fully saturated rings. The second-order valence-corrected chi connectivity index (χ2v) is 17.5. The Kier molecular flexibility index (Phi) is 9.00. The smallest absolute Gasteiger partial charge is 0.0540 e. The number of para-hydroxylation sites is 1. The molecule has 9 aromatic rings. The highest BCUT2D eigenvalue weighted by Gasteiger charge is 2.35. The van der Waals surface area contributed by atoms with Gasteiger partial charge >= 0.3 is 0 Å². The number of rotatable bonds is 7. The highest BCUT2D eigenvalue weighted by Crippen LogP contribution is 2.50. The zero-order chi connectivity index (χ0) is 40.2. The molecule has 60 heavy (non-hydrogen) atoms. The maximum absolute atomic E-state index is 2.48. The van der Waals surface area contributed by atoms with Gasteiger partial charge in [0.2, 0.25) is 0 Å². The topological polar surface area (TPSA) is 3.24 Å². The van der Waals surface area contributed by atoms with Crippen LogP contribution in [-0.2, 0) is 5.41 Å². The molecule has 0 heterocycles. The summed E-state index contributed by atoms with van der Waals surface area (Å²) in [5, 5.41) is 5.24. The van der Waals surface area contributed by atoms with Crippen molar-refractivity contribution in [3.05, 3.63) is 211 Å². The zero-order valence-electron chi connectivity index (χ0n) is 34.5. The summed E-state index contributed by atoms with van der Waals surface area (Å²) in [5.41, 5.74) is 17.9. The van der Waals surface area contributed by atoms with Crippen molar-refractivity contribution in [2.75, 3.05) is 4.90 Å². The second kappa shape index (κ2) is 14.8. The van der Waals surface area contributed by atoms with Gasteiger partial charge in [-0.05, 0) is 132 Å². The van der Waals surface area contributed by atoms with Crippen LogP contribution in [0.4, 0.5) is 17.1 Å². The number of hydrogen-bond acceptors (Lipinski definition) is 1. The lowest BCUT2D eigenvalue weighted by molar-refractivity contribution is 0.445. The third kappa shape index (κ3) is 6.15. The van der Waals surface area contributed by atoms with E-state index in [1.54, 1.807) is 0 Å². The first-order valence-corrected chi connectivity index (χ1v) is 21.9. The number of nitrogens with zero attached hydrogens (tertiary/aromatic N) is 1. The van der Waals surface area contributed by atoms with Crippen molar-refractivity contribution in [3.8, 4) is 44.5 Å². The molecule has 0 radical (unpaired) electrons. The van der Waals surface area contributed by atoms with E-state index in [1.165, 1.54) is 121 Å². The lowest BCUT2D eigenvalue weighted by atomic mass is 9.80. The van der Waals surface area contributed by atoms with Crippen LogP contribution in [-0.4, -0.2) is 0 Å². The van der Waals surface area contributed by atoms with Crippen LogP contribution in [0.3, 0.4) is 0 Å². The van der Waals surface area contributed by atoms with Crippen LogP contribution in [0, 0.1) is 0 Å². The van der Waals surface area contributed by atoms with E-state index in [1.807, 2.05) is 0 Å². The van der Waals surface area contributed by atoms with Crippen LogP contribution in [0.15, 0.2) is 194 Å². The molecule has 0 saturated heterocycles. The molecule has 11 rings (SSSR count). The van der Waals surface area contributed by atoms with E-state index in [2.05, 4.69) is 213 Å². The first kappa shape index (κ1) is 36.4. The Morgan fingerprint density at radius 2 is 1.05 bits per heavy atom. The molecule has 0 aliphatic heterocycles. The Bertz CT molecular complexity index is 3040. The van der Waals surface area contributed by atoms with Crippen LogP contribution in [0.1, 0.15) is 68.6 Å². The van der Waals surface area contributed by atoms with Crippen molar-refractivity contribution in [2.45, 2.75) is 57.3 Å². The van der Waals surface area contributed by atoms with Crippen molar-refractivity contribution < 1.29 is 0 Å². The molecule has 1 heteroatoms. The van der Waals surface area contributed by atoms with Gasteiger partial charge in [-0.3, -0.25) is 0 Å². The third-order valence-electron chi connectivity index (χ3n) is 13.7. The highest BCUT2D eigenvalue weighted by atomic mass is 15.1. The van der Waals surface area contributed by atoms with Crippen LogP contribution in [0.2, 0.25) is 0 Å². The van der Waals surface area contributed by atoms with Crippen molar-refractivity contribution in [3.63, 3.8) is 0 Å². The van der Waals surface area contributed by atoms with Gasteiger partial charge in [-0.25, -0.2) is 0 Å². The van der Waals surface area contributed by atoms with E-state index in [4.69, 9.17) is 0 Å². The standard InChI is InChI=1S/C59H49N/c1-59(2)55-30-10-8-25-51(55)52-37-34-44(39-56(52)59)40-32-35-46(36-33-40)60(47-23-12-22-45(38-47)49-27-13-19-41-18-6-7-24-48(41)49)57-31-11-9-26-53(57)54-29-15-21-43-20-14-28-50(58(43)54)42-16-4-3-5-17-42/h6-15,18-39,42H,3-5,16-17H2,1-2H3. The minimum absolute atomic E-state index is 0.0457. The molecule has 0 N–H and O–H groups in total. The van der Waals surface area contributed by atoms with Gasteiger partial charge in [0.05, 0.1) is 5.69 Å². The first-order valence-electron chi connectivity index (χ1n) is 21.9. The van der Waals surface area contributed by atoms with Crippen molar-refractivity contribution in [2.24, 2.45) is 0 Å². The Hall–Kier alpha value is -6.70. The number of hydrogen-bond donors (Lipinski definition) is 0. The van der Waals surface area contributed by atoms with Crippen molar-refractivity contribution in [1.82, 2.24) is 0 Å². The predicted molar refractivity (Wildman–Crippen MR) is 256 cm³/mol. The molecule has 0 aromatic heterocycles. The molecule has 1 nitrogen and oxygen atoms in total. The van der Waals surface area contributed by atoms with Crippen LogP contribution in [0.5, 0.6) is 0 Å². The maximum atomic E-state index is 2.48. The number of benzene rings is 9. The summed E-state index contributed by atoms with van der Waals surface area (Å²) in [5.74, 6) is 0.593. The summed E-state index contributed by atoms with van der Waals surface area (Å²) in [4.78, 5) is 2.48. The Balaban J connectivity index is 1.07. The molecule has 0 bridgehead atoms. The first-order chi connectivity index (χ1) is 29.5. The summed E-state index contributed by atoms with van der Waals surface area (Å²) in [6.07, 6.45) is 6.51. The van der Waals surface area contributed by atoms with Gasteiger partial charge in [0, 0.05) is 22.4 Å². The van der Waals surface area contributed by atoms with Crippen LogP contribution in [0.25, 0.3) is 66.1 Å². The van der Waals surface area contributed by atoms with Crippen LogP contribution < -0.4 is 4.90 Å². The predicted octanol–water partition coefficient (Wildman–Crippen LogP) is 16.8. The van der Waals surface area contributed by atoms with Gasteiger partial charge in [-0.1, -0.05) is 191 Å². The van der Waals surface area contributed by atoms with Gasteiger partial charge in [-0.15, -0.1) is 0 Å². The fourth-order valence-electron chi connectivity index (χ4n) is 10.6. The third-order valence-corrected chi connectivity index (χ3v) is 13.7. The molecule has 2 aliphatic rings. The van der Waals surface area contributed by atoms with E-state index in [-0.39, 0.29) is 5.41 Å². The van der Waals surface area contributed by atoms with E-state index in [0.29, 0.717) is 5.92 Å². The second-order valence-electron chi connectivity index (χ2n) is 17.5. The largest absolute Gasteiger partial charge is 0.310 e. The van der Waals surface area contributed by atoms with Gasteiger partial charge in [0.15, 0.2) is 0 Å². The molecule has 2 aliphatic carbocycles. The molecule has 9 aromatic carbocycles. The van der Waals surface area contributed by atoms with Gasteiger partial charge in [0.1, 0.15) is 0 Å². The summed E-state index contributed by atoms with van der Waals surface area (Å²) in [6.45, 7) is 4.72. The Morgan fingerprint density at radius 3 is 1.90 bits per heavy atom. The van der Waals surface area contributed by atoms with Gasteiger partial charge in [-0.2, -0.15) is 0 Å². The Morgan fingerprint density at radius 1 is 0.417 bits per heavy atom. The monoisotopic (exact) mass is 771 g/mol. The lowest BCUT2D eigenvalue weighted by Crippen LogP contribution is -2.14. The minimum atomic E-state index is -0.0457. The Labute approximate surface area is 354 Å². The number of fused-ring (bicyclic) bond motifs is 5. The van der Waals surface area contributed by atoms with E-state index in [9.17, 15) is 0 Å². The zero-order valence-corrected chi connectivity index (χ0v) is 34.5. The number of anilines is 3. The SMILES string of the molecule is CC1(C)c2ccccc2-c2ccc(-c3ccc(N(c4cccc(-c5cccc6ccccc56)c4)c4ccccc4-c4cccc5cccc(C6CCCCC6)c45)cc3)cc21. The molecular weight excluding hydrogens is 723 g/mol. The molecule has 0 amide bonds. The fourth-order valence-corrected chi connectivity index (χ4v) is 10.6. The molecular formula is C59H49N. The molecule has 1 saturated carbocycles. The molecule has 0 spiro atoms. The normalized spacial score (nSPS) is 14.6. The average molecular weight is 772 g/mol. The molecule has 0 atom stereocenters. The van der Waals surface area contributed by atoms with E-state index < -0.39 is 0 Å². The summed E-state index contributed by atoms with van der Waals surface area (Å²) in [6, 6.07) is 72.7. The van der Waals surface area contributed by atoms with Crippen molar-refractivity contribution in [1.29, 1.82) is 0 Å². The summed E-state index contributed by atoms with van der Waals surface area (Å²) >= 11 is 0. The van der Waals surface area contributed by atoms with Gasteiger partial charge < -0.3 is 4.90 Å². The molecule has 0 unspecified atom stereocenters. The average Bonchev–Trinajstić information content (AvgIpc) is 3.54. The van der Waals surface area contributed by atoms with Crippen molar-refractivity contribution >= 4 is 38.6 Å². The lowest BCUT2D eigenvalue weighted by Gasteiger charge is -2.29. The van der Waals surface area contributed by atoms with Crippen LogP contribution >= 0.6 is 0 Å². The summed E-state index contributed by atoms with van der Waals surface area (Å²) < 4.78 is 0. The minimum Gasteiger partial charge on any atom is -0.310 e. The molecule has 290 valence electrons. The van der Waals surface area contributed by atoms with E-state index >= 15 is 0 Å². The quantitative estimate of drug-likeness (QED) is 0.156.